The van der Waals surface area contributed by atoms with Crippen LogP contribution in [0, 0.1) is 5.82 Å². The quantitative estimate of drug-likeness (QED) is 0.508. The van der Waals surface area contributed by atoms with E-state index in [4.69, 9.17) is 9.47 Å². The molecule has 0 spiro atoms. The number of benzene rings is 2. The van der Waals surface area contributed by atoms with E-state index < -0.39 is 17.6 Å². The Labute approximate surface area is 161 Å². The summed E-state index contributed by atoms with van der Waals surface area (Å²) in [6.45, 7) is 1.97. The first kappa shape index (κ1) is 20.9. The summed E-state index contributed by atoms with van der Waals surface area (Å²) in [6.07, 6.45) is -0.184. The number of Topliss-reactive ketones (excluding diaryl/α,β-unsaturated/α-hetero) is 1. The second kappa shape index (κ2) is 10.7. The van der Waals surface area contributed by atoms with Crippen LogP contribution in [-0.2, 0) is 9.59 Å². The number of nitrogens with one attached hydrogen (secondary N) is 2. The van der Waals surface area contributed by atoms with E-state index in [2.05, 4.69) is 10.9 Å². The maximum absolute atomic E-state index is 12.8. The van der Waals surface area contributed by atoms with E-state index in [1.54, 1.807) is 24.3 Å². The molecule has 7 nitrogen and oxygen atoms in total. The van der Waals surface area contributed by atoms with Crippen LogP contribution in [0.3, 0.4) is 0 Å². The average molecular weight is 388 g/mol. The van der Waals surface area contributed by atoms with Crippen molar-refractivity contribution in [2.24, 2.45) is 0 Å². The lowest BCUT2D eigenvalue weighted by Gasteiger charge is -2.12. The lowest BCUT2D eigenvalue weighted by Crippen LogP contribution is -2.43. The third-order valence-corrected chi connectivity index (χ3v) is 3.59. The molecule has 0 atom stereocenters. The Morgan fingerprint density at radius 2 is 1.46 bits per heavy atom. The van der Waals surface area contributed by atoms with Gasteiger partial charge in [-0.25, -0.2) is 4.39 Å². The summed E-state index contributed by atoms with van der Waals surface area (Å²) in [5.74, 6) is -0.902. The molecule has 2 aromatic carbocycles. The Morgan fingerprint density at radius 1 is 0.857 bits per heavy atom. The third-order valence-electron chi connectivity index (χ3n) is 3.59. The number of ketones is 1. The van der Waals surface area contributed by atoms with Gasteiger partial charge in [-0.15, -0.1) is 0 Å². The Kier molecular flexibility index (Phi) is 7.95. The van der Waals surface area contributed by atoms with Crippen molar-refractivity contribution < 1.29 is 28.2 Å². The Balaban J connectivity index is 1.70. The van der Waals surface area contributed by atoms with Crippen molar-refractivity contribution in [3.8, 4) is 11.5 Å². The fraction of sp³-hybridized carbons (Fsp3) is 0.250. The highest BCUT2D eigenvalue weighted by molar-refractivity contribution is 5.98. The minimum Gasteiger partial charge on any atom is -0.490 e. The molecule has 2 aromatic rings. The number of carbonyl (C=O) groups excluding carboxylic acids is 3. The maximum Gasteiger partial charge on any atom is 0.276 e. The molecule has 0 saturated heterocycles. The summed E-state index contributed by atoms with van der Waals surface area (Å²) in [6, 6.07) is 12.0. The molecular weight excluding hydrogens is 367 g/mol. The summed E-state index contributed by atoms with van der Waals surface area (Å²) in [7, 11) is 0. The molecule has 148 valence electrons. The van der Waals surface area contributed by atoms with Crippen LogP contribution in [0.1, 0.15) is 30.1 Å². The van der Waals surface area contributed by atoms with E-state index in [0.29, 0.717) is 23.7 Å². The molecule has 0 unspecified atom stereocenters. The first-order valence-electron chi connectivity index (χ1n) is 8.70. The van der Waals surface area contributed by atoms with Gasteiger partial charge in [-0.05, 0) is 43.3 Å². The monoisotopic (exact) mass is 388 g/mol. The molecule has 0 heterocycles. The largest absolute Gasteiger partial charge is 0.490 e. The fourth-order valence-electron chi connectivity index (χ4n) is 2.23. The molecule has 2 amide bonds. The molecule has 0 aliphatic heterocycles. The zero-order valence-electron chi connectivity index (χ0n) is 15.4. The average Bonchev–Trinajstić information content (AvgIpc) is 2.70. The number of para-hydroxylation sites is 2. The number of ether oxygens (including phenoxy) is 2. The normalized spacial score (nSPS) is 10.1. The second-order valence-electron chi connectivity index (χ2n) is 5.69. The van der Waals surface area contributed by atoms with Gasteiger partial charge in [-0.1, -0.05) is 12.1 Å². The smallest absolute Gasteiger partial charge is 0.276 e. The van der Waals surface area contributed by atoms with Gasteiger partial charge in [0.1, 0.15) is 5.82 Å². The van der Waals surface area contributed by atoms with Crippen LogP contribution >= 0.6 is 0 Å². The van der Waals surface area contributed by atoms with Crippen molar-refractivity contribution in [2.75, 3.05) is 13.2 Å². The van der Waals surface area contributed by atoms with E-state index in [0.717, 1.165) is 0 Å². The van der Waals surface area contributed by atoms with Crippen LogP contribution in [0.5, 0.6) is 11.5 Å². The molecule has 8 heteroatoms. The number of carbonyl (C=O) groups is 3. The molecular formula is C20H21FN2O5. The van der Waals surface area contributed by atoms with Crippen molar-refractivity contribution in [1.29, 1.82) is 0 Å². The van der Waals surface area contributed by atoms with E-state index in [1.165, 1.54) is 24.3 Å². The number of hydrazine groups is 1. The molecule has 0 bridgehead atoms. The molecule has 0 aliphatic carbocycles. The second-order valence-corrected chi connectivity index (χ2v) is 5.69. The van der Waals surface area contributed by atoms with Crippen LogP contribution in [0.2, 0.25) is 0 Å². The maximum atomic E-state index is 12.8. The summed E-state index contributed by atoms with van der Waals surface area (Å²) in [5.41, 5.74) is 4.74. The first-order valence-corrected chi connectivity index (χ1v) is 8.70. The Morgan fingerprint density at radius 3 is 2.11 bits per heavy atom. The summed E-state index contributed by atoms with van der Waals surface area (Å²) >= 11 is 0. The number of hydrogen-bond donors (Lipinski definition) is 2. The SMILES string of the molecule is CCOc1ccccc1OCC(=O)NNC(=O)CCC(=O)c1ccc(F)cc1. The molecule has 2 rings (SSSR count). The van der Waals surface area contributed by atoms with Crippen molar-refractivity contribution in [3.05, 3.63) is 59.9 Å². The summed E-state index contributed by atoms with van der Waals surface area (Å²) in [4.78, 5) is 35.5. The van der Waals surface area contributed by atoms with Gasteiger partial charge in [0.25, 0.3) is 5.91 Å². The Hall–Kier alpha value is -3.42. The molecule has 2 N–H and O–H groups in total. The number of halogens is 1. The lowest BCUT2D eigenvalue weighted by molar-refractivity contribution is -0.130. The van der Waals surface area contributed by atoms with Crippen molar-refractivity contribution >= 4 is 17.6 Å². The van der Waals surface area contributed by atoms with E-state index in [9.17, 15) is 18.8 Å². The van der Waals surface area contributed by atoms with Crippen molar-refractivity contribution in [3.63, 3.8) is 0 Å². The van der Waals surface area contributed by atoms with Crippen LogP contribution < -0.4 is 20.3 Å². The lowest BCUT2D eigenvalue weighted by atomic mass is 10.1. The van der Waals surface area contributed by atoms with Crippen LogP contribution in [0.4, 0.5) is 4.39 Å². The standard InChI is InChI=1S/C20H21FN2O5/c1-2-27-17-5-3-4-6-18(17)28-13-20(26)23-22-19(25)12-11-16(24)14-7-9-15(21)10-8-14/h3-10H,2,11-13H2,1H3,(H,22,25)(H,23,26). The van der Waals surface area contributed by atoms with Gasteiger partial charge in [0.2, 0.25) is 5.91 Å². The minimum atomic E-state index is -0.565. The Bertz CT molecular complexity index is 824. The van der Waals surface area contributed by atoms with Crippen LogP contribution in [0.15, 0.2) is 48.5 Å². The van der Waals surface area contributed by atoms with Crippen LogP contribution in [-0.4, -0.2) is 30.8 Å². The topological polar surface area (TPSA) is 93.7 Å². The van der Waals surface area contributed by atoms with Gasteiger partial charge in [0.15, 0.2) is 23.9 Å². The first-order chi connectivity index (χ1) is 13.5. The van der Waals surface area contributed by atoms with Gasteiger partial charge >= 0.3 is 0 Å². The zero-order chi connectivity index (χ0) is 20.4. The van der Waals surface area contributed by atoms with Crippen molar-refractivity contribution in [2.45, 2.75) is 19.8 Å². The summed E-state index contributed by atoms with van der Waals surface area (Å²) < 4.78 is 23.6. The highest BCUT2D eigenvalue weighted by Gasteiger charge is 2.11. The predicted octanol–water partition coefficient (Wildman–Crippen LogP) is 2.41. The van der Waals surface area contributed by atoms with E-state index in [-0.39, 0.29) is 25.2 Å². The van der Waals surface area contributed by atoms with Crippen LogP contribution in [0.25, 0.3) is 0 Å². The fourth-order valence-corrected chi connectivity index (χ4v) is 2.23. The van der Waals surface area contributed by atoms with E-state index in [1.807, 2.05) is 6.92 Å². The number of rotatable bonds is 9. The number of hydrogen-bond acceptors (Lipinski definition) is 5. The molecule has 28 heavy (non-hydrogen) atoms. The minimum absolute atomic E-state index is 0.0639. The zero-order valence-corrected chi connectivity index (χ0v) is 15.4. The molecule has 0 saturated carbocycles. The molecule has 0 aliphatic rings. The van der Waals surface area contributed by atoms with Crippen molar-refractivity contribution in [1.82, 2.24) is 10.9 Å². The molecule has 0 radical (unpaired) electrons. The highest BCUT2D eigenvalue weighted by Crippen LogP contribution is 2.26. The predicted molar refractivity (Wildman–Crippen MR) is 99.4 cm³/mol. The van der Waals surface area contributed by atoms with Gasteiger partial charge < -0.3 is 9.47 Å². The van der Waals surface area contributed by atoms with Gasteiger partial charge in [-0.2, -0.15) is 0 Å². The third kappa shape index (κ3) is 6.71. The molecule has 0 fully saturated rings. The molecule has 0 aromatic heterocycles. The number of amides is 2. The highest BCUT2D eigenvalue weighted by atomic mass is 19.1. The van der Waals surface area contributed by atoms with Gasteiger partial charge in [0, 0.05) is 18.4 Å². The summed E-state index contributed by atoms with van der Waals surface area (Å²) in [5, 5.41) is 0. The van der Waals surface area contributed by atoms with E-state index >= 15 is 0 Å². The van der Waals surface area contributed by atoms with Gasteiger partial charge in [-0.3, -0.25) is 25.2 Å². The van der Waals surface area contributed by atoms with Gasteiger partial charge in [0.05, 0.1) is 6.61 Å².